The number of nitrogens with one attached hydrogen (secondary N) is 1. The molecule has 1 aromatic carbocycles. The number of rotatable bonds is 3. The predicted molar refractivity (Wildman–Crippen MR) is 65.9 cm³/mol. The molecule has 1 aromatic heterocycles. The molecule has 0 saturated heterocycles. The molecule has 0 radical (unpaired) electrons. The normalized spacial score (nSPS) is 13.0. The average molecular weight is 221 g/mol. The molecule has 0 saturated carbocycles. The van der Waals surface area contributed by atoms with Gasteiger partial charge >= 0.3 is 0 Å². The van der Waals surface area contributed by atoms with Gasteiger partial charge in [0, 0.05) is 16.1 Å². The van der Waals surface area contributed by atoms with Crippen LogP contribution in [0.3, 0.4) is 0 Å². The summed E-state index contributed by atoms with van der Waals surface area (Å²) < 4.78 is 6.56. The fourth-order valence-electron chi connectivity index (χ4n) is 1.65. The van der Waals surface area contributed by atoms with Crippen molar-refractivity contribution in [1.82, 2.24) is 5.32 Å². The van der Waals surface area contributed by atoms with Crippen LogP contribution >= 0.6 is 11.3 Å². The summed E-state index contributed by atoms with van der Waals surface area (Å²) in [6.45, 7) is 2.17. The Morgan fingerprint density at radius 1 is 1.40 bits per heavy atom. The standard InChI is InChI=1S/C12H15NOS/c1-8(13-2)11-7-15-12-5-4-9(14-3)6-10(11)12/h4-8,13H,1-3H3. The highest BCUT2D eigenvalue weighted by Gasteiger charge is 2.10. The minimum absolute atomic E-state index is 0.380. The van der Waals surface area contributed by atoms with Crippen molar-refractivity contribution in [2.45, 2.75) is 13.0 Å². The average Bonchev–Trinajstić information content (AvgIpc) is 2.70. The van der Waals surface area contributed by atoms with Gasteiger partial charge in [-0.1, -0.05) is 0 Å². The number of fused-ring (bicyclic) bond motifs is 1. The van der Waals surface area contributed by atoms with Gasteiger partial charge in [-0.15, -0.1) is 11.3 Å². The first-order valence-electron chi connectivity index (χ1n) is 4.98. The van der Waals surface area contributed by atoms with Crippen molar-refractivity contribution in [3.05, 3.63) is 29.1 Å². The van der Waals surface area contributed by atoms with Crippen LogP contribution in [0.5, 0.6) is 5.75 Å². The van der Waals surface area contributed by atoms with Gasteiger partial charge < -0.3 is 10.1 Å². The lowest BCUT2D eigenvalue weighted by Gasteiger charge is -2.09. The van der Waals surface area contributed by atoms with Crippen LogP contribution in [0, 0.1) is 0 Å². The molecule has 2 nitrogen and oxygen atoms in total. The summed E-state index contributed by atoms with van der Waals surface area (Å²) in [5, 5.41) is 6.77. The van der Waals surface area contributed by atoms with Crippen molar-refractivity contribution in [2.75, 3.05) is 14.2 Å². The van der Waals surface area contributed by atoms with Gasteiger partial charge in [-0.2, -0.15) is 0 Å². The first kappa shape index (κ1) is 10.5. The first-order chi connectivity index (χ1) is 7.26. The third-order valence-electron chi connectivity index (χ3n) is 2.71. The molecule has 0 aliphatic rings. The van der Waals surface area contributed by atoms with Crippen LogP contribution in [0.4, 0.5) is 0 Å². The van der Waals surface area contributed by atoms with Gasteiger partial charge in [0.05, 0.1) is 7.11 Å². The summed E-state index contributed by atoms with van der Waals surface area (Å²) in [5.41, 5.74) is 1.34. The number of ether oxygens (including phenoxy) is 1. The van der Waals surface area contributed by atoms with Gasteiger partial charge in [-0.05, 0) is 43.1 Å². The molecule has 0 aliphatic heterocycles. The molecule has 80 valence electrons. The van der Waals surface area contributed by atoms with E-state index in [9.17, 15) is 0 Å². The summed E-state index contributed by atoms with van der Waals surface area (Å²) in [7, 11) is 3.68. The molecule has 1 atom stereocenters. The third kappa shape index (κ3) is 1.85. The topological polar surface area (TPSA) is 21.3 Å². The minimum Gasteiger partial charge on any atom is -0.497 e. The second kappa shape index (κ2) is 4.21. The van der Waals surface area contributed by atoms with E-state index in [0.29, 0.717) is 6.04 Å². The Hall–Kier alpha value is -1.06. The van der Waals surface area contributed by atoms with Crippen molar-refractivity contribution >= 4 is 21.4 Å². The van der Waals surface area contributed by atoms with E-state index in [1.165, 1.54) is 15.6 Å². The van der Waals surface area contributed by atoms with Crippen molar-refractivity contribution < 1.29 is 4.74 Å². The number of methoxy groups -OCH3 is 1. The van der Waals surface area contributed by atoms with E-state index in [4.69, 9.17) is 4.74 Å². The molecule has 0 aliphatic carbocycles. The Morgan fingerprint density at radius 3 is 2.87 bits per heavy atom. The summed E-state index contributed by atoms with van der Waals surface area (Å²) in [4.78, 5) is 0. The Bertz CT molecular complexity index is 464. The highest BCUT2D eigenvalue weighted by atomic mass is 32.1. The molecular formula is C12H15NOS. The predicted octanol–water partition coefficient (Wildman–Crippen LogP) is 3.19. The minimum atomic E-state index is 0.380. The SMILES string of the molecule is CNC(C)c1csc2ccc(OC)cc12. The highest BCUT2D eigenvalue weighted by molar-refractivity contribution is 7.17. The molecule has 2 aromatic rings. The zero-order valence-corrected chi connectivity index (χ0v) is 10.0. The molecule has 3 heteroatoms. The molecule has 0 amide bonds. The summed E-state index contributed by atoms with van der Waals surface area (Å²) in [5.74, 6) is 0.922. The Morgan fingerprint density at radius 2 is 2.20 bits per heavy atom. The number of hydrogen-bond donors (Lipinski definition) is 1. The molecule has 0 bridgehead atoms. The van der Waals surface area contributed by atoms with Crippen LogP contribution in [0.25, 0.3) is 10.1 Å². The fourth-order valence-corrected chi connectivity index (χ4v) is 2.68. The van der Waals surface area contributed by atoms with Gasteiger partial charge in [0.1, 0.15) is 5.75 Å². The maximum Gasteiger partial charge on any atom is 0.119 e. The van der Waals surface area contributed by atoms with Crippen LogP contribution in [0.2, 0.25) is 0 Å². The maximum absolute atomic E-state index is 5.24. The molecule has 1 heterocycles. The van der Waals surface area contributed by atoms with E-state index in [2.05, 4.69) is 29.8 Å². The highest BCUT2D eigenvalue weighted by Crippen LogP contribution is 2.32. The van der Waals surface area contributed by atoms with Crippen molar-refractivity contribution in [3.8, 4) is 5.75 Å². The zero-order valence-electron chi connectivity index (χ0n) is 9.20. The van der Waals surface area contributed by atoms with Crippen molar-refractivity contribution in [3.63, 3.8) is 0 Å². The smallest absolute Gasteiger partial charge is 0.119 e. The number of thiophene rings is 1. The van der Waals surface area contributed by atoms with E-state index >= 15 is 0 Å². The first-order valence-corrected chi connectivity index (χ1v) is 5.86. The van der Waals surface area contributed by atoms with Gasteiger partial charge in [0.15, 0.2) is 0 Å². The fraction of sp³-hybridized carbons (Fsp3) is 0.333. The lowest BCUT2D eigenvalue weighted by atomic mass is 10.1. The Labute approximate surface area is 93.9 Å². The Kier molecular flexibility index (Phi) is 2.93. The van der Waals surface area contributed by atoms with Gasteiger partial charge in [0.2, 0.25) is 0 Å². The van der Waals surface area contributed by atoms with Gasteiger partial charge in [0.25, 0.3) is 0 Å². The lowest BCUT2D eigenvalue weighted by molar-refractivity contribution is 0.415. The van der Waals surface area contributed by atoms with Gasteiger partial charge in [-0.3, -0.25) is 0 Å². The van der Waals surface area contributed by atoms with E-state index < -0.39 is 0 Å². The Balaban J connectivity index is 2.56. The molecule has 0 spiro atoms. The number of benzene rings is 1. The molecular weight excluding hydrogens is 206 g/mol. The van der Waals surface area contributed by atoms with E-state index in [0.717, 1.165) is 5.75 Å². The third-order valence-corrected chi connectivity index (χ3v) is 3.69. The van der Waals surface area contributed by atoms with Crippen LogP contribution in [0.1, 0.15) is 18.5 Å². The lowest BCUT2D eigenvalue weighted by Crippen LogP contribution is -2.11. The number of hydrogen-bond acceptors (Lipinski definition) is 3. The van der Waals surface area contributed by atoms with Crippen LogP contribution in [-0.2, 0) is 0 Å². The summed E-state index contributed by atoms with van der Waals surface area (Å²) >= 11 is 1.78. The van der Waals surface area contributed by atoms with Gasteiger partial charge in [-0.25, -0.2) is 0 Å². The van der Waals surface area contributed by atoms with Crippen LogP contribution in [-0.4, -0.2) is 14.2 Å². The molecule has 15 heavy (non-hydrogen) atoms. The van der Waals surface area contributed by atoms with E-state index in [1.54, 1.807) is 18.4 Å². The monoisotopic (exact) mass is 221 g/mol. The van der Waals surface area contributed by atoms with Crippen LogP contribution in [0.15, 0.2) is 23.6 Å². The molecule has 0 fully saturated rings. The maximum atomic E-state index is 5.24. The second-order valence-electron chi connectivity index (χ2n) is 3.56. The van der Waals surface area contributed by atoms with E-state index in [-0.39, 0.29) is 0 Å². The van der Waals surface area contributed by atoms with Crippen molar-refractivity contribution in [1.29, 1.82) is 0 Å². The quantitative estimate of drug-likeness (QED) is 0.859. The second-order valence-corrected chi connectivity index (χ2v) is 4.47. The zero-order chi connectivity index (χ0) is 10.8. The van der Waals surface area contributed by atoms with E-state index in [1.807, 2.05) is 13.1 Å². The van der Waals surface area contributed by atoms with Crippen molar-refractivity contribution in [2.24, 2.45) is 0 Å². The largest absolute Gasteiger partial charge is 0.497 e. The summed E-state index contributed by atoms with van der Waals surface area (Å²) in [6, 6.07) is 6.61. The molecule has 1 N–H and O–H groups in total. The summed E-state index contributed by atoms with van der Waals surface area (Å²) in [6.07, 6.45) is 0. The molecule has 2 rings (SSSR count). The molecule has 1 unspecified atom stereocenters. The van der Waals surface area contributed by atoms with Crippen LogP contribution < -0.4 is 10.1 Å².